The fourth-order valence-electron chi connectivity index (χ4n) is 3.32. The molecule has 0 bridgehead atoms. The van der Waals surface area contributed by atoms with E-state index in [1.165, 1.54) is 12.1 Å². The van der Waals surface area contributed by atoms with Gasteiger partial charge in [-0.1, -0.05) is 60.7 Å². The van der Waals surface area contributed by atoms with Crippen LogP contribution in [0.4, 0.5) is 5.69 Å². The molecule has 1 aliphatic heterocycles. The van der Waals surface area contributed by atoms with Crippen molar-refractivity contribution in [3.8, 4) is 5.75 Å². The van der Waals surface area contributed by atoms with Gasteiger partial charge in [0.05, 0.1) is 17.3 Å². The highest BCUT2D eigenvalue weighted by Crippen LogP contribution is 2.34. The molecule has 0 radical (unpaired) electrons. The Hall–Kier alpha value is -4.13. The fraction of sp³-hybridized carbons (Fsp3) is 0.0870. The van der Waals surface area contributed by atoms with E-state index in [0.717, 1.165) is 11.3 Å². The Morgan fingerprint density at radius 1 is 0.833 bits per heavy atom. The molecule has 1 heterocycles. The zero-order valence-corrected chi connectivity index (χ0v) is 16.0. The quantitative estimate of drug-likeness (QED) is 0.587. The van der Waals surface area contributed by atoms with Crippen LogP contribution in [0.25, 0.3) is 0 Å². The summed E-state index contributed by atoms with van der Waals surface area (Å²) in [6, 6.07) is 25.4. The summed E-state index contributed by atoms with van der Waals surface area (Å²) in [6.45, 7) is 0. The Bertz CT molecular complexity index is 1080. The van der Waals surface area contributed by atoms with E-state index in [-0.39, 0.29) is 17.4 Å². The first-order valence-corrected chi connectivity index (χ1v) is 9.49. The maximum absolute atomic E-state index is 12.7. The van der Waals surface area contributed by atoms with Crippen LogP contribution in [0.2, 0.25) is 0 Å². The van der Waals surface area contributed by atoms with Crippen molar-refractivity contribution in [1.29, 1.82) is 0 Å². The van der Waals surface area contributed by atoms with E-state index >= 15 is 0 Å². The summed E-state index contributed by atoms with van der Waals surface area (Å²) in [7, 11) is 0. The average molecular weight is 400 g/mol. The number of carbonyl (C=O) groups excluding carboxylic acids is 2. The number of rotatable bonds is 4. The zero-order valence-electron chi connectivity index (χ0n) is 16.0. The molecule has 0 aromatic heterocycles. The number of amides is 2. The molecule has 30 heavy (non-hydrogen) atoms. The number of hydrogen-bond donors (Lipinski definition) is 3. The lowest BCUT2D eigenvalue weighted by molar-refractivity contribution is -0.115. The molecule has 3 aromatic rings. The van der Waals surface area contributed by atoms with Crippen LogP contribution in [0.3, 0.4) is 0 Å². The molecule has 7 nitrogen and oxygen atoms in total. The first-order valence-electron chi connectivity index (χ1n) is 9.49. The number of aromatic hydroxyl groups is 1. The standard InChI is InChI=1S/C23H20N4O3/c28-21-14-8-7-13-18(21)22(29)24-25-23(30)19-15-20(16-9-3-1-4-10-16)27(26-19)17-11-5-2-6-12-17/h1-14,20,28H,15H2,(H,24,29)(H,25,30)/t20-/m1/s1. The summed E-state index contributed by atoms with van der Waals surface area (Å²) in [4.78, 5) is 24.9. The van der Waals surface area contributed by atoms with E-state index in [0.29, 0.717) is 12.1 Å². The predicted molar refractivity (Wildman–Crippen MR) is 114 cm³/mol. The average Bonchev–Trinajstić information content (AvgIpc) is 3.24. The molecule has 0 unspecified atom stereocenters. The summed E-state index contributed by atoms with van der Waals surface area (Å²) in [5.74, 6) is -1.28. The summed E-state index contributed by atoms with van der Waals surface area (Å²) in [6.07, 6.45) is 0.386. The van der Waals surface area contributed by atoms with E-state index < -0.39 is 11.8 Å². The predicted octanol–water partition coefficient (Wildman–Crippen LogP) is 3.16. The normalized spacial score (nSPS) is 15.4. The van der Waals surface area contributed by atoms with Gasteiger partial charge in [-0.3, -0.25) is 25.4 Å². The highest BCUT2D eigenvalue weighted by Gasteiger charge is 2.32. The van der Waals surface area contributed by atoms with Gasteiger partial charge in [0.1, 0.15) is 11.5 Å². The molecule has 7 heteroatoms. The van der Waals surface area contributed by atoms with Crippen molar-refractivity contribution >= 4 is 23.2 Å². The maximum atomic E-state index is 12.7. The molecular weight excluding hydrogens is 380 g/mol. The molecule has 0 saturated carbocycles. The number of nitrogens with zero attached hydrogens (tertiary/aromatic N) is 2. The van der Waals surface area contributed by atoms with Gasteiger partial charge >= 0.3 is 0 Å². The minimum absolute atomic E-state index is 0.0687. The number of phenols is 1. The van der Waals surface area contributed by atoms with Crippen LogP contribution in [-0.2, 0) is 4.79 Å². The molecule has 0 fully saturated rings. The largest absolute Gasteiger partial charge is 0.507 e. The highest BCUT2D eigenvalue weighted by molar-refractivity contribution is 6.39. The smallest absolute Gasteiger partial charge is 0.285 e. The van der Waals surface area contributed by atoms with E-state index in [2.05, 4.69) is 16.0 Å². The van der Waals surface area contributed by atoms with Crippen molar-refractivity contribution in [3.63, 3.8) is 0 Å². The van der Waals surface area contributed by atoms with E-state index in [1.807, 2.05) is 65.7 Å². The van der Waals surface area contributed by atoms with Crippen molar-refractivity contribution in [2.24, 2.45) is 5.10 Å². The third kappa shape index (κ3) is 4.00. The van der Waals surface area contributed by atoms with Crippen LogP contribution < -0.4 is 15.9 Å². The molecule has 3 N–H and O–H groups in total. The van der Waals surface area contributed by atoms with Crippen LogP contribution in [0.1, 0.15) is 28.4 Å². The summed E-state index contributed by atoms with van der Waals surface area (Å²) in [5.41, 5.74) is 6.98. The molecule has 0 aliphatic carbocycles. The Morgan fingerprint density at radius 2 is 1.43 bits per heavy atom. The highest BCUT2D eigenvalue weighted by atomic mass is 16.3. The second-order valence-corrected chi connectivity index (χ2v) is 6.78. The number of nitrogens with one attached hydrogen (secondary N) is 2. The van der Waals surface area contributed by atoms with Gasteiger partial charge in [0, 0.05) is 6.42 Å². The first-order chi connectivity index (χ1) is 14.6. The minimum Gasteiger partial charge on any atom is -0.507 e. The minimum atomic E-state index is -0.612. The van der Waals surface area contributed by atoms with Crippen LogP contribution in [0.5, 0.6) is 5.75 Å². The number of hydrazone groups is 1. The molecule has 0 spiro atoms. The Labute approximate surface area is 173 Å². The van der Waals surface area contributed by atoms with Gasteiger partial charge in [-0.2, -0.15) is 5.10 Å². The van der Waals surface area contributed by atoms with Crippen molar-refractivity contribution < 1.29 is 14.7 Å². The molecular formula is C23H20N4O3. The van der Waals surface area contributed by atoms with E-state index in [9.17, 15) is 14.7 Å². The lowest BCUT2D eigenvalue weighted by atomic mass is 10.0. The van der Waals surface area contributed by atoms with Gasteiger partial charge in [0.25, 0.3) is 11.8 Å². The number of benzene rings is 3. The van der Waals surface area contributed by atoms with Crippen LogP contribution in [-0.4, -0.2) is 22.6 Å². The van der Waals surface area contributed by atoms with Crippen molar-refractivity contribution in [3.05, 3.63) is 96.1 Å². The second kappa shape index (κ2) is 8.48. The Balaban J connectivity index is 1.51. The van der Waals surface area contributed by atoms with Gasteiger partial charge in [0.15, 0.2) is 0 Å². The number of hydrazine groups is 1. The molecule has 0 saturated heterocycles. The molecule has 3 aromatic carbocycles. The lowest BCUT2D eigenvalue weighted by Gasteiger charge is -2.23. The molecule has 1 atom stereocenters. The van der Waals surface area contributed by atoms with Gasteiger partial charge in [0.2, 0.25) is 0 Å². The number of para-hydroxylation sites is 2. The number of phenolic OH excluding ortho intramolecular Hbond substituents is 1. The van der Waals surface area contributed by atoms with Gasteiger partial charge in [-0.05, 0) is 29.8 Å². The monoisotopic (exact) mass is 400 g/mol. The molecule has 1 aliphatic rings. The lowest BCUT2D eigenvalue weighted by Crippen LogP contribution is -2.44. The van der Waals surface area contributed by atoms with Gasteiger partial charge < -0.3 is 5.11 Å². The Morgan fingerprint density at radius 3 is 2.13 bits per heavy atom. The molecule has 4 rings (SSSR count). The van der Waals surface area contributed by atoms with E-state index in [4.69, 9.17) is 0 Å². The van der Waals surface area contributed by atoms with E-state index in [1.54, 1.807) is 12.1 Å². The number of hydrogen-bond acceptors (Lipinski definition) is 5. The van der Waals surface area contributed by atoms with Crippen LogP contribution in [0, 0.1) is 0 Å². The number of carbonyl (C=O) groups is 2. The van der Waals surface area contributed by atoms with Crippen LogP contribution in [0.15, 0.2) is 90.0 Å². The fourth-order valence-corrected chi connectivity index (χ4v) is 3.32. The SMILES string of the molecule is O=C(NNC(=O)c1ccccc1O)C1=NN(c2ccccc2)[C@@H](c2ccccc2)C1. The van der Waals surface area contributed by atoms with Gasteiger partial charge in [-0.25, -0.2) is 0 Å². The van der Waals surface area contributed by atoms with Crippen molar-refractivity contribution in [2.45, 2.75) is 12.5 Å². The number of anilines is 1. The molecule has 2 amide bonds. The molecule has 150 valence electrons. The Kier molecular flexibility index (Phi) is 5.43. The van der Waals surface area contributed by atoms with Gasteiger partial charge in [-0.15, -0.1) is 0 Å². The second-order valence-electron chi connectivity index (χ2n) is 6.78. The topological polar surface area (TPSA) is 94.0 Å². The summed E-state index contributed by atoms with van der Waals surface area (Å²) >= 11 is 0. The third-order valence-electron chi connectivity index (χ3n) is 4.82. The van der Waals surface area contributed by atoms with Crippen LogP contribution >= 0.6 is 0 Å². The summed E-state index contributed by atoms with van der Waals surface area (Å²) in [5, 5.41) is 16.1. The maximum Gasteiger partial charge on any atom is 0.285 e. The first kappa shape index (κ1) is 19.2. The van der Waals surface area contributed by atoms with Crippen molar-refractivity contribution in [1.82, 2.24) is 10.9 Å². The third-order valence-corrected chi connectivity index (χ3v) is 4.82. The van der Waals surface area contributed by atoms with Crippen molar-refractivity contribution in [2.75, 3.05) is 5.01 Å². The summed E-state index contributed by atoms with van der Waals surface area (Å²) < 4.78 is 0. The zero-order chi connectivity index (χ0) is 20.9.